The smallest absolute Gasteiger partial charge is 0.255 e. The molecule has 1 rings (SSSR count). The molecule has 0 saturated heterocycles. The molecule has 0 aliphatic carbocycles. The van der Waals surface area contributed by atoms with E-state index in [-0.39, 0.29) is 5.56 Å². The van der Waals surface area contributed by atoms with Crippen molar-refractivity contribution in [1.82, 2.24) is 0 Å². The van der Waals surface area contributed by atoms with Crippen LogP contribution in [-0.2, 0) is 0 Å². The molecule has 0 bridgehead atoms. The van der Waals surface area contributed by atoms with Crippen LogP contribution < -0.4 is 0 Å². The zero-order valence-corrected chi connectivity index (χ0v) is 6.56. The topological polar surface area (TPSA) is 60.2 Å². The second kappa shape index (κ2) is 3.50. The summed E-state index contributed by atoms with van der Waals surface area (Å²) in [7, 11) is 0. The molecule has 1 amide bonds. The third-order valence-corrected chi connectivity index (χ3v) is 1.46. The molecule has 0 heterocycles. The molecular weight excluding hydrogens is 170 g/mol. The fourth-order valence-electron chi connectivity index (χ4n) is 0.814. The lowest BCUT2D eigenvalue weighted by Gasteiger charge is -1.92. The van der Waals surface area contributed by atoms with Crippen LogP contribution in [-0.4, -0.2) is 10.8 Å². The molecular formula is C9H5NO3. The maximum Gasteiger partial charge on any atom is 0.476 e. The molecule has 0 aliphatic rings. The first-order chi connectivity index (χ1) is 6.15. The number of hydrogen-bond acceptors (Lipinski definition) is 3. The Balaban J connectivity index is 3.01. The number of carbonyl (C=O) groups is 1. The van der Waals surface area contributed by atoms with Gasteiger partial charge in [-0.15, -0.1) is 6.42 Å². The molecule has 4 nitrogen and oxygen atoms in total. The molecule has 0 saturated carbocycles. The number of nitro groups is 1. The van der Waals surface area contributed by atoms with Gasteiger partial charge >= 0.3 is 5.91 Å². The summed E-state index contributed by atoms with van der Waals surface area (Å²) in [6, 6.07) is 5.63. The van der Waals surface area contributed by atoms with Gasteiger partial charge in [-0.3, -0.25) is 10.1 Å². The Morgan fingerprint density at radius 3 is 2.31 bits per heavy atom. The monoisotopic (exact) mass is 175 g/mol. The summed E-state index contributed by atoms with van der Waals surface area (Å²) in [6.45, 7) is 0. The Bertz CT molecular complexity index is 386. The van der Waals surface area contributed by atoms with Gasteiger partial charge in [0.2, 0.25) is 0 Å². The van der Waals surface area contributed by atoms with Crippen LogP contribution in [0, 0.1) is 22.5 Å². The van der Waals surface area contributed by atoms with E-state index in [2.05, 4.69) is 5.92 Å². The highest BCUT2D eigenvalue weighted by atomic mass is 16.6. The average Bonchev–Trinajstić information content (AvgIpc) is 2.17. The molecule has 0 atom stereocenters. The maximum atomic E-state index is 10.8. The van der Waals surface area contributed by atoms with Crippen molar-refractivity contribution in [3.05, 3.63) is 45.5 Å². The minimum atomic E-state index is -1.12. The van der Waals surface area contributed by atoms with Crippen molar-refractivity contribution in [2.45, 2.75) is 0 Å². The highest BCUT2D eigenvalue weighted by Crippen LogP contribution is 2.04. The van der Waals surface area contributed by atoms with Crippen LogP contribution in [0.2, 0.25) is 0 Å². The summed E-state index contributed by atoms with van der Waals surface area (Å²) in [6.07, 6.45) is 5.07. The first kappa shape index (κ1) is 8.94. The van der Waals surface area contributed by atoms with Gasteiger partial charge in [0.05, 0.1) is 5.56 Å². The van der Waals surface area contributed by atoms with Gasteiger partial charge < -0.3 is 0 Å². The number of terminal acetylenes is 1. The fraction of sp³-hybridized carbons (Fsp3) is 0. The Labute approximate surface area is 74.3 Å². The highest BCUT2D eigenvalue weighted by molar-refractivity contribution is 5.87. The van der Waals surface area contributed by atoms with Crippen molar-refractivity contribution in [2.75, 3.05) is 0 Å². The molecule has 13 heavy (non-hydrogen) atoms. The van der Waals surface area contributed by atoms with Gasteiger partial charge in [0, 0.05) is 5.56 Å². The van der Waals surface area contributed by atoms with E-state index in [9.17, 15) is 14.9 Å². The van der Waals surface area contributed by atoms with Crippen LogP contribution in [0.3, 0.4) is 0 Å². The van der Waals surface area contributed by atoms with Crippen molar-refractivity contribution >= 4 is 5.91 Å². The van der Waals surface area contributed by atoms with Crippen molar-refractivity contribution < 1.29 is 9.72 Å². The van der Waals surface area contributed by atoms with Crippen molar-refractivity contribution in [2.24, 2.45) is 0 Å². The van der Waals surface area contributed by atoms with E-state index in [0.717, 1.165) is 0 Å². The second-order valence-electron chi connectivity index (χ2n) is 2.28. The standard InChI is InChI=1S/C9H5NO3/c1-2-7-3-5-8(6-4-7)9(11)10(12)13/h1,3-6H. The number of amides is 1. The Hall–Kier alpha value is -2.15. The molecule has 0 unspecified atom stereocenters. The van der Waals surface area contributed by atoms with Gasteiger partial charge in [-0.05, 0) is 24.3 Å². The summed E-state index contributed by atoms with van der Waals surface area (Å²) in [5, 5.41) is 10.1. The zero-order valence-electron chi connectivity index (χ0n) is 6.56. The zero-order chi connectivity index (χ0) is 9.84. The minimum absolute atomic E-state index is 0.0315. The number of rotatable bonds is 1. The lowest BCUT2D eigenvalue weighted by molar-refractivity contribution is -0.375. The SMILES string of the molecule is C#Cc1ccc(C(=O)[N+](=O)[O-])cc1. The van der Waals surface area contributed by atoms with E-state index in [4.69, 9.17) is 6.42 Å². The second-order valence-corrected chi connectivity index (χ2v) is 2.28. The van der Waals surface area contributed by atoms with E-state index in [1.807, 2.05) is 0 Å². The Morgan fingerprint density at radius 1 is 1.38 bits per heavy atom. The highest BCUT2D eigenvalue weighted by Gasteiger charge is 2.17. The van der Waals surface area contributed by atoms with Crippen LogP contribution >= 0.6 is 0 Å². The predicted octanol–water partition coefficient (Wildman–Crippen LogP) is 1.08. The predicted molar refractivity (Wildman–Crippen MR) is 45.7 cm³/mol. The summed E-state index contributed by atoms with van der Waals surface area (Å²) in [5.74, 6) is 1.22. The number of benzene rings is 1. The Kier molecular flexibility index (Phi) is 2.41. The van der Waals surface area contributed by atoms with E-state index < -0.39 is 10.8 Å². The normalized spacial score (nSPS) is 8.85. The van der Waals surface area contributed by atoms with Gasteiger partial charge in [-0.1, -0.05) is 5.92 Å². The third-order valence-electron chi connectivity index (χ3n) is 1.46. The molecule has 1 aromatic carbocycles. The minimum Gasteiger partial charge on any atom is -0.255 e. The van der Waals surface area contributed by atoms with E-state index in [1.165, 1.54) is 24.3 Å². The van der Waals surface area contributed by atoms with Crippen LogP contribution in [0.4, 0.5) is 0 Å². The summed E-state index contributed by atoms with van der Waals surface area (Å²) >= 11 is 0. The molecule has 0 spiro atoms. The molecule has 0 aliphatic heterocycles. The van der Waals surface area contributed by atoms with Gasteiger partial charge in [0.25, 0.3) is 0 Å². The molecule has 4 heteroatoms. The summed E-state index contributed by atoms with van der Waals surface area (Å²) < 4.78 is 0. The summed E-state index contributed by atoms with van der Waals surface area (Å²) in [4.78, 5) is 19.9. The average molecular weight is 175 g/mol. The van der Waals surface area contributed by atoms with Crippen molar-refractivity contribution in [3.8, 4) is 12.3 Å². The van der Waals surface area contributed by atoms with E-state index >= 15 is 0 Å². The van der Waals surface area contributed by atoms with Crippen LogP contribution in [0.1, 0.15) is 15.9 Å². The molecule has 0 aromatic heterocycles. The van der Waals surface area contributed by atoms with E-state index in [1.54, 1.807) is 0 Å². The molecule has 64 valence electrons. The molecule has 0 N–H and O–H groups in total. The number of hydrogen-bond donors (Lipinski definition) is 0. The van der Waals surface area contributed by atoms with Gasteiger partial charge in [-0.2, -0.15) is 0 Å². The quantitative estimate of drug-likeness (QED) is 0.364. The van der Waals surface area contributed by atoms with Crippen molar-refractivity contribution in [1.29, 1.82) is 0 Å². The molecule has 1 aromatic rings. The third kappa shape index (κ3) is 1.91. The van der Waals surface area contributed by atoms with Crippen LogP contribution in [0.25, 0.3) is 0 Å². The van der Waals surface area contributed by atoms with Gasteiger partial charge in [0.15, 0.2) is 0 Å². The summed E-state index contributed by atoms with van der Waals surface area (Å²) in [5.41, 5.74) is 0.615. The first-order valence-corrected chi connectivity index (χ1v) is 3.40. The van der Waals surface area contributed by atoms with Crippen LogP contribution in [0.15, 0.2) is 24.3 Å². The fourth-order valence-corrected chi connectivity index (χ4v) is 0.814. The lowest BCUT2D eigenvalue weighted by Crippen LogP contribution is -2.10. The Morgan fingerprint density at radius 2 is 1.92 bits per heavy atom. The van der Waals surface area contributed by atoms with Gasteiger partial charge in [0.1, 0.15) is 4.92 Å². The van der Waals surface area contributed by atoms with Crippen LogP contribution in [0.5, 0.6) is 0 Å². The maximum absolute atomic E-state index is 10.8. The lowest BCUT2D eigenvalue weighted by atomic mass is 10.1. The molecule has 0 radical (unpaired) electrons. The van der Waals surface area contributed by atoms with E-state index in [0.29, 0.717) is 5.56 Å². The van der Waals surface area contributed by atoms with Crippen molar-refractivity contribution in [3.63, 3.8) is 0 Å². The number of nitrogens with zero attached hydrogens (tertiary/aromatic N) is 1. The number of carbonyl (C=O) groups excluding carboxylic acids is 1. The molecule has 0 fully saturated rings. The van der Waals surface area contributed by atoms with Gasteiger partial charge in [-0.25, -0.2) is 4.79 Å². The largest absolute Gasteiger partial charge is 0.476 e. The first-order valence-electron chi connectivity index (χ1n) is 3.40.